The van der Waals surface area contributed by atoms with Crippen molar-refractivity contribution in [3.63, 3.8) is 0 Å². The first-order valence-corrected chi connectivity index (χ1v) is 9.42. The van der Waals surface area contributed by atoms with Gasteiger partial charge >= 0.3 is 5.97 Å². The zero-order chi connectivity index (χ0) is 23.5. The Bertz CT molecular complexity index is 763. The Balaban J connectivity index is 0. The second-order valence-electron chi connectivity index (χ2n) is 5.38. The minimum Gasteiger partial charge on any atom is -0.503 e. The highest BCUT2D eigenvalue weighted by molar-refractivity contribution is 5.94. The van der Waals surface area contributed by atoms with Crippen LogP contribution in [0.25, 0.3) is 0 Å². The fourth-order valence-corrected chi connectivity index (χ4v) is 1.83. The Morgan fingerprint density at radius 2 is 1.63 bits per heavy atom. The lowest BCUT2D eigenvalue weighted by Crippen LogP contribution is -2.13. The molecule has 0 aliphatic heterocycles. The van der Waals surface area contributed by atoms with Gasteiger partial charge in [-0.2, -0.15) is 0 Å². The molecule has 1 heterocycles. The zero-order valence-corrected chi connectivity index (χ0v) is 18.5. The molecule has 0 saturated heterocycles. The molecule has 1 aromatic carbocycles. The minimum absolute atomic E-state index is 0.179. The molecule has 0 spiro atoms. The first kappa shape index (κ1) is 28.8. The number of nitrogens with two attached hydrogens (primary N) is 1. The van der Waals surface area contributed by atoms with Crippen molar-refractivity contribution < 1.29 is 29.0 Å². The quantitative estimate of drug-likeness (QED) is 0.704. The summed E-state index contributed by atoms with van der Waals surface area (Å²) >= 11 is 0. The lowest BCUT2D eigenvalue weighted by molar-refractivity contribution is -0.117. The topological polar surface area (TPSA) is 129 Å². The van der Waals surface area contributed by atoms with Crippen LogP contribution >= 0.6 is 0 Å². The lowest BCUT2D eigenvalue weighted by Gasteiger charge is -2.03. The van der Waals surface area contributed by atoms with Crippen molar-refractivity contribution in [3.05, 3.63) is 53.9 Å². The predicted octanol–water partition coefficient (Wildman–Crippen LogP) is 3.77. The van der Waals surface area contributed by atoms with Gasteiger partial charge in [0, 0.05) is 18.7 Å². The number of hydrogen-bond donors (Lipinski definition) is 2. The smallest absolute Gasteiger partial charge is 0.337 e. The SMILES string of the molecule is CC.CCCC(C)=O.COC(=O)c1ccccc1.COc1ccnc(C(N)=O)c1O. The monoisotopic (exact) mass is 420 g/mol. The molecular formula is C22H32N2O6. The number of carbonyl (C=O) groups excluding carboxylic acids is 3. The first-order valence-electron chi connectivity index (χ1n) is 9.42. The molecule has 8 nitrogen and oxygen atoms in total. The second-order valence-corrected chi connectivity index (χ2v) is 5.38. The standard InChI is InChI=1S/C8H8O2.C7H8N2O3.C5H10O.C2H6/c1-10-8(9)7-5-3-2-4-6-7;1-12-4-2-3-9-5(6(4)10)7(8)11;1-3-4-5(2)6;1-2/h2-6H,1H3;2-3,10H,1H3,(H2,8,11);3-4H2,1-2H3;1-2H3. The Labute approximate surface area is 178 Å². The largest absolute Gasteiger partial charge is 0.503 e. The zero-order valence-electron chi connectivity index (χ0n) is 18.5. The number of methoxy groups -OCH3 is 2. The number of carbonyl (C=O) groups is 3. The highest BCUT2D eigenvalue weighted by Crippen LogP contribution is 2.26. The molecule has 0 bridgehead atoms. The molecule has 0 saturated carbocycles. The summed E-state index contributed by atoms with van der Waals surface area (Å²) in [6, 6.07) is 10.3. The molecule has 1 aromatic heterocycles. The maximum absolute atomic E-state index is 10.8. The third-order valence-corrected chi connectivity index (χ3v) is 3.14. The van der Waals surface area contributed by atoms with E-state index >= 15 is 0 Å². The van der Waals surface area contributed by atoms with Crippen LogP contribution in [0.1, 0.15) is 61.4 Å². The van der Waals surface area contributed by atoms with Crippen LogP contribution in [-0.2, 0) is 9.53 Å². The fraction of sp³-hybridized carbons (Fsp3) is 0.364. The number of primary amides is 1. The normalized spacial score (nSPS) is 8.60. The number of nitrogens with zero attached hydrogens (tertiary/aromatic N) is 1. The lowest BCUT2D eigenvalue weighted by atomic mass is 10.2. The van der Waals surface area contributed by atoms with Crippen molar-refractivity contribution in [1.82, 2.24) is 4.98 Å². The molecule has 0 aliphatic carbocycles. The van der Waals surface area contributed by atoms with Crippen molar-refractivity contribution >= 4 is 17.7 Å². The fourth-order valence-electron chi connectivity index (χ4n) is 1.83. The summed E-state index contributed by atoms with van der Waals surface area (Å²) in [5.41, 5.74) is 5.32. The summed E-state index contributed by atoms with van der Waals surface area (Å²) in [6.45, 7) is 7.62. The van der Waals surface area contributed by atoms with Crippen LogP contribution < -0.4 is 10.5 Å². The van der Waals surface area contributed by atoms with E-state index in [1.807, 2.05) is 26.8 Å². The van der Waals surface area contributed by atoms with Crippen molar-refractivity contribution in [1.29, 1.82) is 0 Å². The van der Waals surface area contributed by atoms with E-state index in [9.17, 15) is 19.5 Å². The van der Waals surface area contributed by atoms with Gasteiger partial charge in [0.2, 0.25) is 0 Å². The van der Waals surface area contributed by atoms with E-state index in [-0.39, 0.29) is 28.9 Å². The van der Waals surface area contributed by atoms with E-state index in [2.05, 4.69) is 9.72 Å². The number of ketones is 1. The van der Waals surface area contributed by atoms with E-state index in [1.54, 1.807) is 31.2 Å². The summed E-state index contributed by atoms with van der Waals surface area (Å²) in [7, 11) is 2.75. The molecule has 0 unspecified atom stereocenters. The van der Waals surface area contributed by atoms with Gasteiger partial charge in [0.25, 0.3) is 5.91 Å². The number of aromatic hydroxyl groups is 1. The molecule has 2 aromatic rings. The van der Waals surface area contributed by atoms with Crippen LogP contribution in [0.4, 0.5) is 0 Å². The summed E-state index contributed by atoms with van der Waals surface area (Å²) < 4.78 is 9.24. The molecule has 0 aliphatic rings. The van der Waals surface area contributed by atoms with E-state index in [0.29, 0.717) is 5.56 Å². The Kier molecular flexibility index (Phi) is 16.9. The number of Topliss-reactive ketones (excluding diaryl/α,β-unsaturated/α-hetero) is 1. The maximum atomic E-state index is 10.8. The number of aromatic nitrogens is 1. The van der Waals surface area contributed by atoms with Gasteiger partial charge in [-0.3, -0.25) is 4.79 Å². The summed E-state index contributed by atoms with van der Waals surface area (Å²) in [5, 5.41) is 9.27. The average molecular weight is 421 g/mol. The number of hydrogen-bond acceptors (Lipinski definition) is 7. The number of benzene rings is 1. The van der Waals surface area contributed by atoms with Gasteiger partial charge in [-0.25, -0.2) is 9.78 Å². The van der Waals surface area contributed by atoms with Crippen LogP contribution in [0.2, 0.25) is 0 Å². The second kappa shape index (κ2) is 17.7. The van der Waals surface area contributed by atoms with E-state index in [0.717, 1.165) is 12.8 Å². The Morgan fingerprint density at radius 1 is 1.07 bits per heavy atom. The predicted molar refractivity (Wildman–Crippen MR) is 116 cm³/mol. The number of esters is 1. The van der Waals surface area contributed by atoms with Crippen LogP contribution in [0.15, 0.2) is 42.6 Å². The Hall–Kier alpha value is -3.42. The van der Waals surface area contributed by atoms with Crippen molar-refractivity contribution in [3.8, 4) is 11.5 Å². The van der Waals surface area contributed by atoms with Gasteiger partial charge in [-0.15, -0.1) is 0 Å². The summed E-state index contributed by atoms with van der Waals surface area (Å²) in [6.07, 6.45) is 3.05. The molecule has 166 valence electrons. The van der Waals surface area contributed by atoms with Gasteiger partial charge in [0.1, 0.15) is 5.78 Å². The van der Waals surface area contributed by atoms with Gasteiger partial charge in [-0.05, 0) is 25.5 Å². The first-order chi connectivity index (χ1) is 14.3. The number of amides is 1. The molecule has 2 rings (SSSR count). The molecule has 30 heavy (non-hydrogen) atoms. The highest BCUT2D eigenvalue weighted by atomic mass is 16.5. The van der Waals surface area contributed by atoms with Gasteiger partial charge in [0.15, 0.2) is 17.2 Å². The summed E-state index contributed by atoms with van der Waals surface area (Å²) in [4.78, 5) is 35.1. The van der Waals surface area contributed by atoms with Crippen LogP contribution in [0.5, 0.6) is 11.5 Å². The maximum Gasteiger partial charge on any atom is 0.337 e. The molecule has 0 radical (unpaired) electrons. The number of ether oxygens (including phenoxy) is 2. The summed E-state index contributed by atoms with van der Waals surface area (Å²) in [5.74, 6) is -0.934. The van der Waals surface area contributed by atoms with E-state index in [1.165, 1.54) is 26.5 Å². The molecule has 1 amide bonds. The van der Waals surface area contributed by atoms with Gasteiger partial charge < -0.3 is 25.1 Å². The third-order valence-electron chi connectivity index (χ3n) is 3.14. The van der Waals surface area contributed by atoms with Crippen molar-refractivity contribution in [2.45, 2.75) is 40.5 Å². The molecule has 3 N–H and O–H groups in total. The van der Waals surface area contributed by atoms with E-state index < -0.39 is 5.91 Å². The molecular weight excluding hydrogens is 388 g/mol. The van der Waals surface area contributed by atoms with Crippen LogP contribution in [0.3, 0.4) is 0 Å². The molecule has 0 atom stereocenters. The highest BCUT2D eigenvalue weighted by Gasteiger charge is 2.12. The minimum atomic E-state index is -0.786. The molecule has 8 heteroatoms. The van der Waals surface area contributed by atoms with Gasteiger partial charge in [0.05, 0.1) is 19.8 Å². The average Bonchev–Trinajstić information content (AvgIpc) is 2.76. The van der Waals surface area contributed by atoms with Gasteiger partial charge in [-0.1, -0.05) is 39.0 Å². The number of pyridine rings is 1. The van der Waals surface area contributed by atoms with Crippen molar-refractivity contribution in [2.75, 3.05) is 14.2 Å². The van der Waals surface area contributed by atoms with Crippen LogP contribution in [0, 0.1) is 0 Å². The van der Waals surface area contributed by atoms with Crippen LogP contribution in [-0.4, -0.2) is 42.0 Å². The Morgan fingerprint density at radius 3 is 2.00 bits per heavy atom. The van der Waals surface area contributed by atoms with Crippen molar-refractivity contribution in [2.24, 2.45) is 5.73 Å². The molecule has 0 fully saturated rings. The van der Waals surface area contributed by atoms with E-state index in [4.69, 9.17) is 10.5 Å². The third kappa shape index (κ3) is 12.1. The number of rotatable bonds is 5.